The summed E-state index contributed by atoms with van der Waals surface area (Å²) >= 11 is 0. The molecule has 0 radical (unpaired) electrons. The number of para-hydroxylation sites is 1. The van der Waals surface area contributed by atoms with Crippen LogP contribution in [-0.4, -0.2) is 16.7 Å². The number of nitrogens with one attached hydrogen (secondary N) is 2. The van der Waals surface area contributed by atoms with Crippen molar-refractivity contribution in [2.75, 3.05) is 11.9 Å². The molecule has 2 aromatic rings. The van der Waals surface area contributed by atoms with Crippen molar-refractivity contribution in [2.45, 2.75) is 39.7 Å². The smallest absolute Gasteiger partial charge is 0.320 e. The Labute approximate surface area is 119 Å². The molecule has 20 heavy (non-hydrogen) atoms. The maximum Gasteiger partial charge on any atom is 0.320 e. The van der Waals surface area contributed by atoms with Crippen molar-refractivity contribution in [3.8, 4) is 0 Å². The molecule has 0 aliphatic rings. The minimum Gasteiger partial charge on any atom is -0.406 e. The van der Waals surface area contributed by atoms with Crippen molar-refractivity contribution in [1.29, 1.82) is 0 Å². The van der Waals surface area contributed by atoms with Gasteiger partial charge in [0.25, 0.3) is 0 Å². The fourth-order valence-corrected chi connectivity index (χ4v) is 1.97. The Bertz CT molecular complexity index is 538. The first-order chi connectivity index (χ1) is 9.74. The zero-order chi connectivity index (χ0) is 14.4. The number of aryl methyl sites for hydroxylation is 1. The molecule has 0 aliphatic heterocycles. The van der Waals surface area contributed by atoms with Crippen LogP contribution in [0.15, 0.2) is 28.7 Å². The molecule has 1 aromatic carbocycles. The van der Waals surface area contributed by atoms with Gasteiger partial charge in [0.15, 0.2) is 0 Å². The van der Waals surface area contributed by atoms with E-state index < -0.39 is 0 Å². The molecular formula is C15H22N4O. The molecule has 1 heterocycles. The lowest BCUT2D eigenvalue weighted by molar-refractivity contribution is 0.424. The highest BCUT2D eigenvalue weighted by atomic mass is 16.4. The molecule has 0 fully saturated rings. The van der Waals surface area contributed by atoms with Crippen LogP contribution in [0.3, 0.4) is 0 Å². The maximum absolute atomic E-state index is 5.65. The van der Waals surface area contributed by atoms with Crippen molar-refractivity contribution in [3.63, 3.8) is 0 Å². The first kappa shape index (κ1) is 14.5. The van der Waals surface area contributed by atoms with E-state index in [-0.39, 0.29) is 6.04 Å². The molecule has 2 N–H and O–H groups in total. The standard InChI is InChI=1S/C15H22N4O/c1-4-10-16-11(3)14-18-19-15(20-14)17-13-9-7-6-8-12(13)5-2/h6-9,11,16H,4-5,10H2,1-3H3,(H,17,19). The average molecular weight is 274 g/mol. The maximum atomic E-state index is 5.65. The van der Waals surface area contributed by atoms with Gasteiger partial charge in [-0.15, -0.1) is 5.10 Å². The van der Waals surface area contributed by atoms with Crippen LogP contribution < -0.4 is 10.6 Å². The third-order valence-electron chi connectivity index (χ3n) is 3.15. The molecule has 0 spiro atoms. The van der Waals surface area contributed by atoms with Crippen molar-refractivity contribution in [3.05, 3.63) is 35.7 Å². The van der Waals surface area contributed by atoms with Crippen LogP contribution >= 0.6 is 0 Å². The summed E-state index contributed by atoms with van der Waals surface area (Å²) in [6.07, 6.45) is 2.03. The van der Waals surface area contributed by atoms with Gasteiger partial charge in [0, 0.05) is 5.69 Å². The van der Waals surface area contributed by atoms with Crippen LogP contribution in [0.1, 0.15) is 44.7 Å². The van der Waals surface area contributed by atoms with E-state index in [0.29, 0.717) is 11.9 Å². The second kappa shape index (κ2) is 7.05. The summed E-state index contributed by atoms with van der Waals surface area (Å²) in [5.41, 5.74) is 2.24. The van der Waals surface area contributed by atoms with Gasteiger partial charge in [0.2, 0.25) is 5.89 Å². The number of aromatic nitrogens is 2. The summed E-state index contributed by atoms with van der Waals surface area (Å²) in [5.74, 6) is 0.606. The molecule has 1 atom stereocenters. The fourth-order valence-electron chi connectivity index (χ4n) is 1.97. The van der Waals surface area contributed by atoms with Gasteiger partial charge in [-0.2, -0.15) is 0 Å². The van der Waals surface area contributed by atoms with Gasteiger partial charge in [0.1, 0.15) is 0 Å². The predicted molar refractivity (Wildman–Crippen MR) is 80.1 cm³/mol. The number of hydrogen-bond acceptors (Lipinski definition) is 5. The Morgan fingerprint density at radius 1 is 1.20 bits per heavy atom. The molecule has 0 amide bonds. The summed E-state index contributed by atoms with van der Waals surface area (Å²) in [4.78, 5) is 0. The summed E-state index contributed by atoms with van der Waals surface area (Å²) in [6, 6.07) is 8.63. The van der Waals surface area contributed by atoms with Crippen LogP contribution in [0, 0.1) is 0 Å². The first-order valence-corrected chi connectivity index (χ1v) is 7.16. The third kappa shape index (κ3) is 3.57. The number of nitrogens with zero attached hydrogens (tertiary/aromatic N) is 2. The van der Waals surface area contributed by atoms with Crippen LogP contribution in [-0.2, 0) is 6.42 Å². The van der Waals surface area contributed by atoms with Crippen LogP contribution in [0.5, 0.6) is 0 Å². The fraction of sp³-hybridized carbons (Fsp3) is 0.467. The van der Waals surface area contributed by atoms with Crippen molar-refractivity contribution in [2.24, 2.45) is 0 Å². The summed E-state index contributed by atoms with van der Waals surface area (Å²) in [5, 5.41) is 14.6. The Morgan fingerprint density at radius 2 is 2.00 bits per heavy atom. The molecule has 108 valence electrons. The lowest BCUT2D eigenvalue weighted by Gasteiger charge is -2.08. The van der Waals surface area contributed by atoms with Gasteiger partial charge in [-0.1, -0.05) is 37.1 Å². The van der Waals surface area contributed by atoms with Crippen molar-refractivity contribution < 1.29 is 4.42 Å². The van der Waals surface area contributed by atoms with E-state index in [2.05, 4.69) is 40.7 Å². The Kier molecular flexibility index (Phi) is 5.12. The van der Waals surface area contributed by atoms with Gasteiger partial charge in [-0.3, -0.25) is 0 Å². The van der Waals surface area contributed by atoms with Crippen LogP contribution in [0.25, 0.3) is 0 Å². The zero-order valence-electron chi connectivity index (χ0n) is 12.3. The van der Waals surface area contributed by atoms with Crippen LogP contribution in [0.4, 0.5) is 11.7 Å². The van der Waals surface area contributed by atoms with E-state index >= 15 is 0 Å². The Morgan fingerprint density at radius 3 is 2.75 bits per heavy atom. The van der Waals surface area contributed by atoms with E-state index in [4.69, 9.17) is 4.42 Å². The second-order valence-electron chi connectivity index (χ2n) is 4.76. The molecule has 0 aliphatic carbocycles. The quantitative estimate of drug-likeness (QED) is 0.809. The van der Waals surface area contributed by atoms with Gasteiger partial charge >= 0.3 is 6.01 Å². The molecular weight excluding hydrogens is 252 g/mol. The Hall–Kier alpha value is -1.88. The largest absolute Gasteiger partial charge is 0.406 e. The van der Waals surface area contributed by atoms with E-state index in [0.717, 1.165) is 25.1 Å². The lowest BCUT2D eigenvalue weighted by Crippen LogP contribution is -2.19. The SMILES string of the molecule is CCCNC(C)c1nnc(Nc2ccccc2CC)o1. The highest BCUT2D eigenvalue weighted by Gasteiger charge is 2.13. The van der Waals surface area contributed by atoms with Gasteiger partial charge in [0.05, 0.1) is 6.04 Å². The molecule has 0 bridgehead atoms. The zero-order valence-corrected chi connectivity index (χ0v) is 12.3. The molecule has 0 saturated carbocycles. The van der Waals surface area contributed by atoms with E-state index in [1.54, 1.807) is 0 Å². The lowest BCUT2D eigenvalue weighted by atomic mass is 10.1. The summed E-state index contributed by atoms with van der Waals surface area (Å²) in [6.45, 7) is 7.20. The average Bonchev–Trinajstić information content (AvgIpc) is 2.94. The summed E-state index contributed by atoms with van der Waals surface area (Å²) < 4.78 is 5.65. The number of hydrogen-bond donors (Lipinski definition) is 2. The number of benzene rings is 1. The minimum absolute atomic E-state index is 0.0689. The van der Waals surface area contributed by atoms with E-state index in [1.165, 1.54) is 5.56 Å². The predicted octanol–water partition coefficient (Wildman–Crippen LogP) is 3.44. The topological polar surface area (TPSA) is 63.0 Å². The van der Waals surface area contributed by atoms with Gasteiger partial charge in [-0.25, -0.2) is 0 Å². The molecule has 1 unspecified atom stereocenters. The molecule has 0 saturated heterocycles. The van der Waals surface area contributed by atoms with Gasteiger partial charge in [-0.05, 0) is 37.9 Å². The van der Waals surface area contributed by atoms with Crippen molar-refractivity contribution in [1.82, 2.24) is 15.5 Å². The second-order valence-corrected chi connectivity index (χ2v) is 4.76. The number of rotatable bonds is 7. The normalized spacial score (nSPS) is 12.3. The Balaban J connectivity index is 2.05. The van der Waals surface area contributed by atoms with Gasteiger partial charge < -0.3 is 15.1 Å². The van der Waals surface area contributed by atoms with Crippen molar-refractivity contribution >= 4 is 11.7 Å². The highest BCUT2D eigenvalue weighted by molar-refractivity contribution is 5.57. The van der Waals surface area contributed by atoms with Crippen LogP contribution in [0.2, 0.25) is 0 Å². The molecule has 2 rings (SSSR count). The third-order valence-corrected chi connectivity index (χ3v) is 3.15. The summed E-state index contributed by atoms with van der Waals surface area (Å²) in [7, 11) is 0. The monoisotopic (exact) mass is 274 g/mol. The highest BCUT2D eigenvalue weighted by Crippen LogP contribution is 2.21. The molecule has 5 heteroatoms. The first-order valence-electron chi connectivity index (χ1n) is 7.16. The van der Waals surface area contributed by atoms with E-state index in [1.807, 2.05) is 25.1 Å². The van der Waals surface area contributed by atoms with E-state index in [9.17, 15) is 0 Å². The number of anilines is 2. The molecule has 5 nitrogen and oxygen atoms in total. The molecule has 1 aromatic heterocycles. The minimum atomic E-state index is 0.0689.